The zero-order valence-electron chi connectivity index (χ0n) is 12.2. The third-order valence-electron chi connectivity index (χ3n) is 4.41. The number of nitrogens with zero attached hydrogens (tertiary/aromatic N) is 1. The number of benzene rings is 1. The molecular weight excluding hydrogens is 317 g/mol. The van der Waals surface area contributed by atoms with Gasteiger partial charge in [-0.05, 0) is 49.0 Å². The number of ether oxygens (including phenoxy) is 1. The number of hydrogen-bond acceptors (Lipinski definition) is 3. The molecule has 1 aromatic carbocycles. The minimum Gasteiger partial charge on any atom is -0.406 e. The topological polar surface area (TPSA) is 24.5 Å². The van der Waals surface area contributed by atoms with E-state index in [0.29, 0.717) is 5.41 Å². The van der Waals surface area contributed by atoms with Crippen molar-refractivity contribution in [2.24, 2.45) is 5.41 Å². The summed E-state index contributed by atoms with van der Waals surface area (Å²) in [5.74, 6) is -0.163. The summed E-state index contributed by atoms with van der Waals surface area (Å²) in [6.45, 7) is 5.09. The predicted octanol–water partition coefficient (Wildman–Crippen LogP) is 3.19. The minimum absolute atomic E-state index is 0. The van der Waals surface area contributed by atoms with Crippen LogP contribution < -0.4 is 10.1 Å². The third-order valence-corrected chi connectivity index (χ3v) is 4.41. The Morgan fingerprint density at radius 3 is 2.50 bits per heavy atom. The number of hydrogen-bond donors (Lipinski definition) is 1. The summed E-state index contributed by atoms with van der Waals surface area (Å²) in [5.41, 5.74) is 1.44. The fourth-order valence-corrected chi connectivity index (χ4v) is 3.36. The van der Waals surface area contributed by atoms with Gasteiger partial charge in [-0.2, -0.15) is 0 Å². The van der Waals surface area contributed by atoms with E-state index >= 15 is 0 Å². The van der Waals surface area contributed by atoms with Gasteiger partial charge >= 0.3 is 6.36 Å². The molecule has 7 heteroatoms. The standard InChI is InChI=1S/C15H19F3N2O.ClH/c16-15(17,18)21-13-3-1-12(2-4-13)9-20-8-6-14(11-20)5-7-19-10-14;/h1-4,19H,5-11H2;1H. The normalized spacial score (nSPS) is 25.4. The third kappa shape index (κ3) is 4.27. The van der Waals surface area contributed by atoms with E-state index in [0.717, 1.165) is 38.3 Å². The van der Waals surface area contributed by atoms with Crippen LogP contribution in [0.1, 0.15) is 18.4 Å². The Kier molecular flexibility index (Phi) is 5.25. The summed E-state index contributed by atoms with van der Waals surface area (Å²) in [6, 6.07) is 6.18. The second-order valence-corrected chi connectivity index (χ2v) is 6.08. The maximum Gasteiger partial charge on any atom is 0.573 e. The molecule has 2 aliphatic heterocycles. The Balaban J connectivity index is 0.00000176. The summed E-state index contributed by atoms with van der Waals surface area (Å²) >= 11 is 0. The average Bonchev–Trinajstić information content (AvgIpc) is 3.01. The lowest BCUT2D eigenvalue weighted by Gasteiger charge is -2.22. The van der Waals surface area contributed by atoms with Gasteiger partial charge in [0.25, 0.3) is 0 Å². The molecule has 2 fully saturated rings. The molecule has 1 spiro atoms. The van der Waals surface area contributed by atoms with Crippen LogP contribution in [0, 0.1) is 5.41 Å². The van der Waals surface area contributed by atoms with Crippen molar-refractivity contribution in [3.8, 4) is 5.75 Å². The summed E-state index contributed by atoms with van der Waals surface area (Å²) in [4.78, 5) is 2.38. The van der Waals surface area contributed by atoms with Crippen LogP contribution in [0.2, 0.25) is 0 Å². The van der Waals surface area contributed by atoms with E-state index in [1.807, 2.05) is 0 Å². The van der Waals surface area contributed by atoms with Gasteiger partial charge in [0, 0.05) is 19.6 Å². The van der Waals surface area contributed by atoms with Gasteiger partial charge in [0.2, 0.25) is 0 Å². The molecule has 0 amide bonds. The van der Waals surface area contributed by atoms with Crippen LogP contribution in [0.3, 0.4) is 0 Å². The van der Waals surface area contributed by atoms with Crippen LogP contribution in [-0.2, 0) is 6.54 Å². The molecule has 1 unspecified atom stereocenters. The molecule has 3 rings (SSSR count). The first kappa shape index (κ1) is 17.4. The quantitative estimate of drug-likeness (QED) is 0.917. The summed E-state index contributed by atoms with van der Waals surface area (Å²) in [5, 5.41) is 3.42. The molecule has 0 saturated carbocycles. The van der Waals surface area contributed by atoms with Gasteiger partial charge in [-0.25, -0.2) is 0 Å². The fraction of sp³-hybridized carbons (Fsp3) is 0.600. The van der Waals surface area contributed by atoms with Crippen LogP contribution >= 0.6 is 12.4 Å². The van der Waals surface area contributed by atoms with Gasteiger partial charge in [0.1, 0.15) is 5.75 Å². The first-order chi connectivity index (χ1) is 9.94. The Morgan fingerprint density at radius 2 is 1.91 bits per heavy atom. The summed E-state index contributed by atoms with van der Waals surface area (Å²) < 4.78 is 40.2. The van der Waals surface area contributed by atoms with Crippen molar-refractivity contribution in [3.63, 3.8) is 0 Å². The van der Waals surface area contributed by atoms with Gasteiger partial charge in [-0.3, -0.25) is 4.90 Å². The molecule has 0 radical (unpaired) electrons. The zero-order valence-corrected chi connectivity index (χ0v) is 13.0. The van der Waals surface area contributed by atoms with Gasteiger partial charge in [0.05, 0.1) is 0 Å². The molecule has 0 aromatic heterocycles. The smallest absolute Gasteiger partial charge is 0.406 e. The lowest BCUT2D eigenvalue weighted by molar-refractivity contribution is -0.274. The second-order valence-electron chi connectivity index (χ2n) is 6.08. The Morgan fingerprint density at radius 1 is 1.18 bits per heavy atom. The molecule has 2 aliphatic rings. The van der Waals surface area contributed by atoms with E-state index in [-0.39, 0.29) is 18.2 Å². The van der Waals surface area contributed by atoms with E-state index in [9.17, 15) is 13.2 Å². The first-order valence-electron chi connectivity index (χ1n) is 7.22. The van der Waals surface area contributed by atoms with E-state index in [1.54, 1.807) is 12.1 Å². The Bertz CT molecular complexity index is 487. The molecular formula is C15H20ClF3N2O. The molecule has 1 atom stereocenters. The van der Waals surface area contributed by atoms with Crippen LogP contribution in [0.25, 0.3) is 0 Å². The van der Waals surface area contributed by atoms with Gasteiger partial charge < -0.3 is 10.1 Å². The van der Waals surface area contributed by atoms with Crippen LogP contribution in [-0.4, -0.2) is 37.4 Å². The van der Waals surface area contributed by atoms with Crippen molar-refractivity contribution in [2.75, 3.05) is 26.2 Å². The van der Waals surface area contributed by atoms with Crippen molar-refractivity contribution in [2.45, 2.75) is 25.7 Å². The largest absolute Gasteiger partial charge is 0.573 e. The van der Waals surface area contributed by atoms with E-state index < -0.39 is 6.36 Å². The van der Waals surface area contributed by atoms with Crippen molar-refractivity contribution in [1.29, 1.82) is 0 Å². The Labute approximate surface area is 134 Å². The number of nitrogens with one attached hydrogen (secondary N) is 1. The Hall–Kier alpha value is -0.980. The van der Waals surface area contributed by atoms with Crippen molar-refractivity contribution < 1.29 is 17.9 Å². The van der Waals surface area contributed by atoms with Crippen LogP contribution in [0.4, 0.5) is 13.2 Å². The molecule has 3 nitrogen and oxygen atoms in total. The van der Waals surface area contributed by atoms with Crippen molar-refractivity contribution >= 4 is 12.4 Å². The van der Waals surface area contributed by atoms with E-state index in [4.69, 9.17) is 0 Å². The number of likely N-dealkylation sites (tertiary alicyclic amines) is 1. The highest BCUT2D eigenvalue weighted by molar-refractivity contribution is 5.85. The van der Waals surface area contributed by atoms with E-state index in [2.05, 4.69) is 15.0 Å². The maximum atomic E-state index is 12.1. The van der Waals surface area contributed by atoms with Gasteiger partial charge in [-0.1, -0.05) is 12.1 Å². The highest BCUT2D eigenvalue weighted by atomic mass is 35.5. The van der Waals surface area contributed by atoms with Crippen LogP contribution in [0.5, 0.6) is 5.75 Å². The molecule has 2 heterocycles. The summed E-state index contributed by atoms with van der Waals surface area (Å²) in [6.07, 6.45) is -2.20. The monoisotopic (exact) mass is 336 g/mol. The van der Waals surface area contributed by atoms with Gasteiger partial charge in [0.15, 0.2) is 0 Å². The molecule has 0 bridgehead atoms. The highest BCUT2D eigenvalue weighted by Gasteiger charge is 2.40. The number of alkyl halides is 3. The maximum absolute atomic E-state index is 12.1. The van der Waals surface area contributed by atoms with Crippen molar-refractivity contribution in [1.82, 2.24) is 10.2 Å². The molecule has 124 valence electrons. The summed E-state index contributed by atoms with van der Waals surface area (Å²) in [7, 11) is 0. The van der Waals surface area contributed by atoms with Crippen LogP contribution in [0.15, 0.2) is 24.3 Å². The molecule has 2 saturated heterocycles. The van der Waals surface area contributed by atoms with E-state index in [1.165, 1.54) is 25.0 Å². The fourth-order valence-electron chi connectivity index (χ4n) is 3.36. The molecule has 0 aliphatic carbocycles. The lowest BCUT2D eigenvalue weighted by Crippen LogP contribution is -2.28. The molecule has 1 N–H and O–H groups in total. The first-order valence-corrected chi connectivity index (χ1v) is 7.22. The highest BCUT2D eigenvalue weighted by Crippen LogP contribution is 2.36. The molecule has 1 aromatic rings. The minimum atomic E-state index is -4.63. The SMILES string of the molecule is Cl.FC(F)(F)Oc1ccc(CN2CCC3(CCNC3)C2)cc1. The number of rotatable bonds is 3. The zero-order chi connectivity index (χ0) is 14.9. The van der Waals surface area contributed by atoms with Gasteiger partial charge in [-0.15, -0.1) is 25.6 Å². The average molecular weight is 337 g/mol. The predicted molar refractivity (Wildman–Crippen MR) is 80.2 cm³/mol. The number of halogens is 4. The van der Waals surface area contributed by atoms with Crippen molar-refractivity contribution in [3.05, 3.63) is 29.8 Å². The lowest BCUT2D eigenvalue weighted by atomic mass is 9.86. The molecule has 22 heavy (non-hydrogen) atoms. The second kappa shape index (κ2) is 6.64.